The van der Waals surface area contributed by atoms with Crippen LogP contribution in [0.15, 0.2) is 42.6 Å². The first-order valence-electron chi connectivity index (χ1n) is 9.91. The summed E-state index contributed by atoms with van der Waals surface area (Å²) in [5.41, 5.74) is 2.71. The molecule has 1 aliphatic heterocycles. The van der Waals surface area contributed by atoms with E-state index in [1.54, 1.807) is 6.20 Å². The highest BCUT2D eigenvalue weighted by molar-refractivity contribution is 5.94. The highest BCUT2D eigenvalue weighted by Gasteiger charge is 2.27. The van der Waals surface area contributed by atoms with Crippen LogP contribution in [-0.4, -0.2) is 59.6 Å². The fourth-order valence-corrected chi connectivity index (χ4v) is 3.67. The molecule has 2 aromatic rings. The summed E-state index contributed by atoms with van der Waals surface area (Å²) in [5, 5.41) is 12.5. The van der Waals surface area contributed by atoms with Gasteiger partial charge in [-0.05, 0) is 37.1 Å². The van der Waals surface area contributed by atoms with Crippen molar-refractivity contribution in [2.45, 2.75) is 20.3 Å². The smallest absolute Gasteiger partial charge is 0.308 e. The molecule has 0 spiro atoms. The number of aromatic nitrogens is 1. The van der Waals surface area contributed by atoms with Gasteiger partial charge >= 0.3 is 5.97 Å². The van der Waals surface area contributed by atoms with Crippen LogP contribution in [0.5, 0.6) is 0 Å². The first-order valence-corrected chi connectivity index (χ1v) is 9.91. The van der Waals surface area contributed by atoms with Gasteiger partial charge in [0.25, 0.3) is 0 Å². The summed E-state index contributed by atoms with van der Waals surface area (Å²) in [5.74, 6) is -0.994. The zero-order chi connectivity index (χ0) is 20.8. The minimum Gasteiger partial charge on any atom is -0.481 e. The lowest BCUT2D eigenvalue weighted by Gasteiger charge is -2.36. The predicted molar refractivity (Wildman–Crippen MR) is 113 cm³/mol. The van der Waals surface area contributed by atoms with E-state index in [9.17, 15) is 14.7 Å². The lowest BCUT2D eigenvalue weighted by Crippen LogP contribution is -2.49. The molecule has 2 N–H and O–H groups in total. The lowest BCUT2D eigenvalue weighted by molar-refractivity contribution is -0.144. The molecule has 3 rings (SSSR count). The molecule has 7 nitrogen and oxygen atoms in total. The Labute approximate surface area is 171 Å². The Kier molecular flexibility index (Phi) is 6.82. The topological polar surface area (TPSA) is 85.8 Å². The number of aryl methyl sites for hydroxylation is 2. The van der Waals surface area contributed by atoms with E-state index in [0.29, 0.717) is 6.54 Å². The average Bonchev–Trinajstić information content (AvgIpc) is 2.71. The van der Waals surface area contributed by atoms with E-state index >= 15 is 0 Å². The average molecular weight is 396 g/mol. The van der Waals surface area contributed by atoms with Gasteiger partial charge in [0.2, 0.25) is 5.91 Å². The van der Waals surface area contributed by atoms with E-state index in [1.165, 1.54) is 0 Å². The van der Waals surface area contributed by atoms with Gasteiger partial charge < -0.3 is 15.3 Å². The number of benzene rings is 1. The van der Waals surface area contributed by atoms with E-state index in [0.717, 1.165) is 48.8 Å². The molecule has 0 bridgehead atoms. The molecule has 0 unspecified atom stereocenters. The monoisotopic (exact) mass is 396 g/mol. The van der Waals surface area contributed by atoms with Crippen molar-refractivity contribution in [2.75, 3.05) is 42.9 Å². The molecule has 0 aliphatic carbocycles. The van der Waals surface area contributed by atoms with Gasteiger partial charge in [-0.15, -0.1) is 0 Å². The Bertz CT molecular complexity index is 828. The molecule has 0 radical (unpaired) electrons. The Morgan fingerprint density at radius 3 is 2.34 bits per heavy atom. The van der Waals surface area contributed by atoms with Crippen molar-refractivity contribution in [3.8, 4) is 0 Å². The van der Waals surface area contributed by atoms with Crippen molar-refractivity contribution in [2.24, 2.45) is 5.92 Å². The van der Waals surface area contributed by atoms with Gasteiger partial charge in [-0.25, -0.2) is 4.98 Å². The van der Waals surface area contributed by atoms with Crippen molar-refractivity contribution >= 4 is 23.4 Å². The normalized spacial score (nSPS) is 15.7. The summed E-state index contributed by atoms with van der Waals surface area (Å²) in [6, 6.07) is 11.6. The van der Waals surface area contributed by atoms with Crippen molar-refractivity contribution in [1.82, 2.24) is 9.88 Å². The van der Waals surface area contributed by atoms with Crippen molar-refractivity contribution in [3.05, 3.63) is 53.7 Å². The second-order valence-corrected chi connectivity index (χ2v) is 7.53. The largest absolute Gasteiger partial charge is 0.481 e. The molecule has 1 atom stereocenters. The summed E-state index contributed by atoms with van der Waals surface area (Å²) in [7, 11) is 0. The van der Waals surface area contributed by atoms with Crippen LogP contribution in [0.3, 0.4) is 0 Å². The highest BCUT2D eigenvalue weighted by atomic mass is 16.4. The number of anilines is 2. The Balaban J connectivity index is 1.54. The van der Waals surface area contributed by atoms with Crippen LogP contribution in [0, 0.1) is 19.8 Å². The number of carboxylic acid groups (broad SMARTS) is 1. The molecular formula is C22H28N4O3. The SMILES string of the molecule is Cc1cccc(C)c1NC(=O)C[C@H](CN1CCN(c2ccccn2)CC1)C(=O)O. The summed E-state index contributed by atoms with van der Waals surface area (Å²) >= 11 is 0. The number of nitrogens with one attached hydrogen (secondary N) is 1. The predicted octanol–water partition coefficient (Wildman–Crippen LogP) is 2.55. The Morgan fingerprint density at radius 2 is 1.76 bits per heavy atom. The number of rotatable bonds is 7. The number of amides is 1. The number of carboxylic acids is 1. The summed E-state index contributed by atoms with van der Waals surface area (Å²) in [6.45, 7) is 7.30. The number of piperazine rings is 1. The fourth-order valence-electron chi connectivity index (χ4n) is 3.67. The summed E-state index contributed by atoms with van der Waals surface area (Å²) < 4.78 is 0. The van der Waals surface area contributed by atoms with Crippen molar-refractivity contribution in [3.63, 3.8) is 0 Å². The zero-order valence-corrected chi connectivity index (χ0v) is 17.0. The number of carbonyl (C=O) groups excluding carboxylic acids is 1. The van der Waals surface area contributed by atoms with Gasteiger partial charge in [0, 0.05) is 51.0 Å². The van der Waals surface area contributed by atoms with Gasteiger partial charge in [-0.1, -0.05) is 24.3 Å². The van der Waals surface area contributed by atoms with Crippen LogP contribution in [0.25, 0.3) is 0 Å². The van der Waals surface area contributed by atoms with Crippen LogP contribution in [0.4, 0.5) is 11.5 Å². The van der Waals surface area contributed by atoms with E-state index in [1.807, 2.05) is 50.2 Å². The minimum absolute atomic E-state index is 0.0381. The minimum atomic E-state index is -0.936. The molecule has 1 amide bonds. The molecule has 1 aromatic heterocycles. The highest BCUT2D eigenvalue weighted by Crippen LogP contribution is 2.21. The van der Waals surface area contributed by atoms with Gasteiger partial charge in [-0.2, -0.15) is 0 Å². The maximum absolute atomic E-state index is 12.5. The third kappa shape index (κ3) is 5.54. The Morgan fingerprint density at radius 1 is 1.07 bits per heavy atom. The molecule has 1 fully saturated rings. The Hall–Kier alpha value is -2.93. The number of nitrogens with zero attached hydrogens (tertiary/aromatic N) is 3. The third-order valence-electron chi connectivity index (χ3n) is 5.35. The molecular weight excluding hydrogens is 368 g/mol. The van der Waals surface area contributed by atoms with Crippen LogP contribution in [-0.2, 0) is 9.59 Å². The molecule has 1 aromatic carbocycles. The molecule has 0 saturated carbocycles. The summed E-state index contributed by atoms with van der Waals surface area (Å²) in [6.07, 6.45) is 1.74. The maximum atomic E-state index is 12.5. The van der Waals surface area contributed by atoms with Crippen LogP contribution < -0.4 is 10.2 Å². The van der Waals surface area contributed by atoms with E-state index in [2.05, 4.69) is 20.1 Å². The van der Waals surface area contributed by atoms with Crippen molar-refractivity contribution in [1.29, 1.82) is 0 Å². The second-order valence-electron chi connectivity index (χ2n) is 7.53. The standard InChI is InChI=1S/C22H28N4O3/c1-16-6-5-7-17(2)21(16)24-20(27)14-18(22(28)29)15-25-10-12-26(13-11-25)19-8-3-4-9-23-19/h3-9,18H,10-15H2,1-2H3,(H,24,27)(H,28,29)/t18-/m1/s1. The number of hydrogen-bond donors (Lipinski definition) is 2. The molecule has 1 saturated heterocycles. The van der Waals surface area contributed by atoms with Gasteiger partial charge in [-0.3, -0.25) is 14.5 Å². The quantitative estimate of drug-likeness (QED) is 0.748. The second kappa shape index (κ2) is 9.52. The van der Waals surface area contributed by atoms with Gasteiger partial charge in [0.15, 0.2) is 0 Å². The number of hydrogen-bond acceptors (Lipinski definition) is 5. The number of carbonyl (C=O) groups is 2. The molecule has 154 valence electrons. The molecule has 1 aliphatic rings. The van der Waals surface area contributed by atoms with E-state index in [4.69, 9.17) is 0 Å². The number of aliphatic carboxylic acids is 1. The number of para-hydroxylation sites is 1. The van der Waals surface area contributed by atoms with Crippen molar-refractivity contribution < 1.29 is 14.7 Å². The van der Waals surface area contributed by atoms with Crippen LogP contribution in [0.1, 0.15) is 17.5 Å². The van der Waals surface area contributed by atoms with E-state index in [-0.39, 0.29) is 12.3 Å². The fraction of sp³-hybridized carbons (Fsp3) is 0.409. The zero-order valence-electron chi connectivity index (χ0n) is 17.0. The van der Waals surface area contributed by atoms with Crippen LogP contribution in [0.2, 0.25) is 0 Å². The molecule has 7 heteroatoms. The third-order valence-corrected chi connectivity index (χ3v) is 5.35. The number of pyridine rings is 1. The van der Waals surface area contributed by atoms with Gasteiger partial charge in [0.1, 0.15) is 5.82 Å². The molecule has 29 heavy (non-hydrogen) atoms. The van der Waals surface area contributed by atoms with E-state index < -0.39 is 11.9 Å². The molecule has 2 heterocycles. The van der Waals surface area contributed by atoms with Crippen LogP contribution >= 0.6 is 0 Å². The maximum Gasteiger partial charge on any atom is 0.308 e. The summed E-state index contributed by atoms with van der Waals surface area (Å²) in [4.78, 5) is 32.9. The first-order chi connectivity index (χ1) is 13.9. The lowest BCUT2D eigenvalue weighted by atomic mass is 10.0. The first kappa shape index (κ1) is 20.8. The van der Waals surface area contributed by atoms with Gasteiger partial charge in [0.05, 0.1) is 5.92 Å².